The van der Waals surface area contributed by atoms with E-state index < -0.39 is 17.7 Å². The van der Waals surface area contributed by atoms with Gasteiger partial charge in [0.2, 0.25) is 0 Å². The molecule has 5 rings (SSSR count). The zero-order valence-electron chi connectivity index (χ0n) is 16.2. The van der Waals surface area contributed by atoms with Gasteiger partial charge in [-0.05, 0) is 55.0 Å². The fourth-order valence-corrected chi connectivity index (χ4v) is 4.08. The Balaban J connectivity index is 1.61. The summed E-state index contributed by atoms with van der Waals surface area (Å²) >= 11 is 0. The van der Waals surface area contributed by atoms with Gasteiger partial charge >= 0.3 is 0 Å². The van der Waals surface area contributed by atoms with Crippen LogP contribution in [-0.2, 0) is 22.6 Å². The number of hydrogen-bond donors (Lipinski definition) is 1. The Bertz CT molecular complexity index is 1140. The summed E-state index contributed by atoms with van der Waals surface area (Å²) in [6.07, 6.45) is 3.74. The standard InChI is InChI=1S/C23H19NO6/c1-13-10-15-11-14(6-7-17(15)30-13)21(25)19-20(18-5-3-9-29-18)24(23(27)22(19)26)12-16-4-2-8-28-16/h2-9,11,13,20,25H,10,12H2,1H3. The van der Waals surface area contributed by atoms with Crippen molar-refractivity contribution in [3.05, 3.63) is 83.2 Å². The Morgan fingerprint density at radius 2 is 1.93 bits per heavy atom. The van der Waals surface area contributed by atoms with Crippen LogP contribution in [0.15, 0.2) is 69.4 Å². The monoisotopic (exact) mass is 405 g/mol. The first-order valence-corrected chi connectivity index (χ1v) is 9.67. The minimum absolute atomic E-state index is 0.00609. The number of Topliss-reactive ketones (excluding diaryl/α,β-unsaturated/α-hetero) is 1. The average Bonchev–Trinajstić information content (AvgIpc) is 3.51. The lowest BCUT2D eigenvalue weighted by atomic mass is 9.97. The molecule has 1 aromatic carbocycles. The molecule has 2 aromatic heterocycles. The maximum absolute atomic E-state index is 12.9. The predicted octanol–water partition coefficient (Wildman–Crippen LogP) is 3.82. The molecule has 2 aliphatic rings. The smallest absolute Gasteiger partial charge is 0.296 e. The zero-order valence-corrected chi connectivity index (χ0v) is 16.2. The van der Waals surface area contributed by atoms with Gasteiger partial charge < -0.3 is 23.6 Å². The van der Waals surface area contributed by atoms with Gasteiger partial charge in [-0.25, -0.2) is 0 Å². The van der Waals surface area contributed by atoms with Gasteiger partial charge in [0.1, 0.15) is 35.2 Å². The number of aliphatic hydroxyl groups excluding tert-OH is 1. The number of carbonyl (C=O) groups excluding carboxylic acids is 2. The molecule has 2 atom stereocenters. The van der Waals surface area contributed by atoms with Crippen molar-refractivity contribution in [2.45, 2.75) is 32.0 Å². The van der Waals surface area contributed by atoms with Crippen molar-refractivity contribution in [2.75, 3.05) is 0 Å². The highest BCUT2D eigenvalue weighted by atomic mass is 16.5. The molecule has 0 spiro atoms. The van der Waals surface area contributed by atoms with Crippen LogP contribution in [0.2, 0.25) is 0 Å². The van der Waals surface area contributed by atoms with E-state index in [-0.39, 0.29) is 24.0 Å². The normalized spacial score (nSPS) is 22.4. The highest BCUT2D eigenvalue weighted by Gasteiger charge is 2.47. The fraction of sp³-hybridized carbons (Fsp3) is 0.217. The number of amides is 1. The number of aliphatic hydroxyl groups is 1. The van der Waals surface area contributed by atoms with Crippen molar-refractivity contribution in [3.8, 4) is 5.75 Å². The Kier molecular flexibility index (Phi) is 4.24. The van der Waals surface area contributed by atoms with E-state index >= 15 is 0 Å². The molecular weight excluding hydrogens is 386 g/mol. The van der Waals surface area contributed by atoms with E-state index in [2.05, 4.69) is 0 Å². The number of likely N-dealkylation sites (tertiary alicyclic amines) is 1. The SMILES string of the molecule is CC1Cc2cc(C(O)=C3C(=O)C(=O)N(Cc4ccco4)C3c3ccco3)ccc2O1. The number of furan rings is 2. The van der Waals surface area contributed by atoms with E-state index in [9.17, 15) is 14.7 Å². The molecule has 4 heterocycles. The Hall–Kier alpha value is -3.74. The summed E-state index contributed by atoms with van der Waals surface area (Å²) in [5, 5.41) is 11.1. The van der Waals surface area contributed by atoms with Gasteiger partial charge in [0.25, 0.3) is 11.7 Å². The van der Waals surface area contributed by atoms with Crippen LogP contribution in [0, 0.1) is 0 Å². The first-order chi connectivity index (χ1) is 14.5. The van der Waals surface area contributed by atoms with Gasteiger partial charge in [-0.3, -0.25) is 9.59 Å². The third-order valence-electron chi connectivity index (χ3n) is 5.43. The van der Waals surface area contributed by atoms with Crippen LogP contribution >= 0.6 is 0 Å². The Morgan fingerprint density at radius 3 is 2.67 bits per heavy atom. The largest absolute Gasteiger partial charge is 0.507 e. The van der Waals surface area contributed by atoms with Crippen LogP contribution in [-0.4, -0.2) is 27.8 Å². The van der Waals surface area contributed by atoms with E-state index in [0.717, 1.165) is 11.3 Å². The van der Waals surface area contributed by atoms with Crippen molar-refractivity contribution in [2.24, 2.45) is 0 Å². The Labute approximate surface area is 172 Å². The molecule has 1 saturated heterocycles. The zero-order chi connectivity index (χ0) is 20.8. The van der Waals surface area contributed by atoms with E-state index in [0.29, 0.717) is 23.5 Å². The summed E-state index contributed by atoms with van der Waals surface area (Å²) < 4.78 is 16.6. The number of ketones is 1. The minimum Gasteiger partial charge on any atom is -0.507 e. The number of fused-ring (bicyclic) bond motifs is 1. The second-order valence-corrected chi connectivity index (χ2v) is 7.48. The van der Waals surface area contributed by atoms with Gasteiger partial charge in [0, 0.05) is 12.0 Å². The predicted molar refractivity (Wildman–Crippen MR) is 105 cm³/mol. The third kappa shape index (κ3) is 2.90. The molecule has 2 aliphatic heterocycles. The van der Waals surface area contributed by atoms with Crippen LogP contribution in [0.25, 0.3) is 5.76 Å². The van der Waals surface area contributed by atoms with Gasteiger partial charge in [-0.15, -0.1) is 0 Å². The third-order valence-corrected chi connectivity index (χ3v) is 5.43. The molecule has 7 nitrogen and oxygen atoms in total. The average molecular weight is 405 g/mol. The quantitative estimate of drug-likeness (QED) is 0.403. The molecule has 152 valence electrons. The number of rotatable bonds is 4. The van der Waals surface area contributed by atoms with E-state index in [4.69, 9.17) is 13.6 Å². The van der Waals surface area contributed by atoms with Gasteiger partial charge in [0.05, 0.1) is 24.6 Å². The van der Waals surface area contributed by atoms with Crippen molar-refractivity contribution < 1.29 is 28.3 Å². The second kappa shape index (κ2) is 6.95. The van der Waals surface area contributed by atoms with Crippen molar-refractivity contribution >= 4 is 17.4 Å². The second-order valence-electron chi connectivity index (χ2n) is 7.48. The van der Waals surface area contributed by atoms with Crippen LogP contribution in [0.5, 0.6) is 5.75 Å². The molecule has 0 aliphatic carbocycles. The molecule has 0 saturated carbocycles. The topological polar surface area (TPSA) is 93.1 Å². The lowest BCUT2D eigenvalue weighted by Gasteiger charge is -2.22. The molecule has 1 N–H and O–H groups in total. The Morgan fingerprint density at radius 1 is 1.13 bits per heavy atom. The number of ether oxygens (including phenoxy) is 1. The maximum atomic E-state index is 12.9. The first kappa shape index (κ1) is 18.3. The summed E-state index contributed by atoms with van der Waals surface area (Å²) in [4.78, 5) is 27.1. The van der Waals surface area contributed by atoms with Crippen LogP contribution in [0.3, 0.4) is 0 Å². The highest BCUT2D eigenvalue weighted by molar-refractivity contribution is 6.46. The van der Waals surface area contributed by atoms with Crippen molar-refractivity contribution in [1.82, 2.24) is 4.90 Å². The van der Waals surface area contributed by atoms with Gasteiger partial charge in [-0.2, -0.15) is 0 Å². The van der Waals surface area contributed by atoms with E-state index in [1.54, 1.807) is 42.5 Å². The molecule has 1 fully saturated rings. The molecule has 1 amide bonds. The summed E-state index contributed by atoms with van der Waals surface area (Å²) in [5.74, 6) is -0.0328. The lowest BCUT2D eigenvalue weighted by molar-refractivity contribution is -0.140. The number of nitrogens with zero attached hydrogens (tertiary/aromatic N) is 1. The highest BCUT2D eigenvalue weighted by Crippen LogP contribution is 2.41. The van der Waals surface area contributed by atoms with Crippen LogP contribution in [0.1, 0.15) is 35.6 Å². The first-order valence-electron chi connectivity index (χ1n) is 9.67. The lowest BCUT2D eigenvalue weighted by Crippen LogP contribution is -2.28. The molecule has 0 radical (unpaired) electrons. The number of hydrogen-bond acceptors (Lipinski definition) is 6. The minimum atomic E-state index is -0.853. The molecule has 7 heteroatoms. The van der Waals surface area contributed by atoms with Crippen molar-refractivity contribution in [1.29, 1.82) is 0 Å². The van der Waals surface area contributed by atoms with Crippen molar-refractivity contribution in [3.63, 3.8) is 0 Å². The van der Waals surface area contributed by atoms with Gasteiger partial charge in [-0.1, -0.05) is 0 Å². The van der Waals surface area contributed by atoms with Gasteiger partial charge in [0.15, 0.2) is 0 Å². The van der Waals surface area contributed by atoms with E-state index in [1.165, 1.54) is 17.4 Å². The summed E-state index contributed by atoms with van der Waals surface area (Å²) in [6.45, 7) is 2.05. The van der Waals surface area contributed by atoms with E-state index in [1.807, 2.05) is 6.92 Å². The van der Waals surface area contributed by atoms with Crippen LogP contribution < -0.4 is 4.74 Å². The maximum Gasteiger partial charge on any atom is 0.296 e. The molecule has 30 heavy (non-hydrogen) atoms. The molecule has 3 aromatic rings. The molecular formula is C23H19NO6. The molecule has 0 bridgehead atoms. The molecule has 2 unspecified atom stereocenters. The number of carbonyl (C=O) groups is 2. The summed E-state index contributed by atoms with van der Waals surface area (Å²) in [7, 11) is 0. The van der Waals surface area contributed by atoms with Crippen LogP contribution in [0.4, 0.5) is 0 Å². The summed E-state index contributed by atoms with van der Waals surface area (Å²) in [6, 6.07) is 11.2. The summed E-state index contributed by atoms with van der Waals surface area (Å²) in [5.41, 5.74) is 1.40. The number of benzene rings is 1. The fourth-order valence-electron chi connectivity index (χ4n) is 4.08.